The van der Waals surface area contributed by atoms with E-state index in [0.29, 0.717) is 16.9 Å². The second-order valence-electron chi connectivity index (χ2n) is 4.65. The largest absolute Gasteiger partial charge is 0.465 e. The van der Waals surface area contributed by atoms with Gasteiger partial charge in [0.2, 0.25) is 0 Å². The van der Waals surface area contributed by atoms with Crippen molar-refractivity contribution in [1.82, 2.24) is 0 Å². The standard InChI is InChI=1S/C17H16O4/c1-11-5-4-6-15(12(11)2)17(19)21-14-9-7-13(8-10-14)16(18)20-3/h4-10H,1-3H3. The minimum Gasteiger partial charge on any atom is -0.465 e. The zero-order valence-electron chi connectivity index (χ0n) is 12.2. The Bertz CT molecular complexity index is 672. The smallest absolute Gasteiger partial charge is 0.343 e. The van der Waals surface area contributed by atoms with E-state index in [2.05, 4.69) is 4.74 Å². The third-order valence-electron chi connectivity index (χ3n) is 3.31. The molecule has 0 spiro atoms. The Morgan fingerprint density at radius 1 is 0.905 bits per heavy atom. The van der Waals surface area contributed by atoms with Gasteiger partial charge in [-0.05, 0) is 55.3 Å². The van der Waals surface area contributed by atoms with Gasteiger partial charge in [-0.25, -0.2) is 9.59 Å². The molecule has 0 radical (unpaired) electrons. The highest BCUT2D eigenvalue weighted by atomic mass is 16.5. The third kappa shape index (κ3) is 3.28. The predicted octanol–water partition coefficient (Wildman–Crippen LogP) is 3.31. The fourth-order valence-corrected chi connectivity index (χ4v) is 1.91. The Morgan fingerprint density at radius 3 is 2.19 bits per heavy atom. The maximum absolute atomic E-state index is 12.1. The fraction of sp³-hybridized carbons (Fsp3) is 0.176. The molecule has 0 fully saturated rings. The van der Waals surface area contributed by atoms with Crippen LogP contribution in [0.2, 0.25) is 0 Å². The van der Waals surface area contributed by atoms with Crippen LogP contribution in [0, 0.1) is 13.8 Å². The molecule has 21 heavy (non-hydrogen) atoms. The Morgan fingerprint density at radius 2 is 1.57 bits per heavy atom. The van der Waals surface area contributed by atoms with Crippen molar-refractivity contribution in [3.8, 4) is 5.75 Å². The number of ether oxygens (including phenoxy) is 2. The van der Waals surface area contributed by atoms with Gasteiger partial charge >= 0.3 is 11.9 Å². The zero-order valence-corrected chi connectivity index (χ0v) is 12.2. The molecule has 0 bridgehead atoms. The number of carbonyl (C=O) groups is 2. The summed E-state index contributed by atoms with van der Waals surface area (Å²) in [7, 11) is 1.32. The molecule has 0 aliphatic carbocycles. The fourth-order valence-electron chi connectivity index (χ4n) is 1.91. The lowest BCUT2D eigenvalue weighted by atomic mass is 10.0. The van der Waals surface area contributed by atoms with Gasteiger partial charge in [-0.2, -0.15) is 0 Å². The first kappa shape index (κ1) is 14.8. The van der Waals surface area contributed by atoms with E-state index < -0.39 is 11.9 Å². The number of aryl methyl sites for hydroxylation is 1. The van der Waals surface area contributed by atoms with Crippen molar-refractivity contribution in [1.29, 1.82) is 0 Å². The maximum Gasteiger partial charge on any atom is 0.343 e. The van der Waals surface area contributed by atoms with Crippen LogP contribution in [0.15, 0.2) is 42.5 Å². The summed E-state index contributed by atoms with van der Waals surface area (Å²) < 4.78 is 9.92. The molecule has 0 heterocycles. The van der Waals surface area contributed by atoms with Gasteiger partial charge < -0.3 is 9.47 Å². The van der Waals surface area contributed by atoms with Crippen molar-refractivity contribution in [2.24, 2.45) is 0 Å². The molecule has 0 amide bonds. The maximum atomic E-state index is 12.1. The minimum absolute atomic E-state index is 0.383. The summed E-state index contributed by atoms with van der Waals surface area (Å²) in [5.74, 6) is -0.460. The molecule has 0 aliphatic rings. The molecule has 0 aliphatic heterocycles. The van der Waals surface area contributed by atoms with Crippen molar-refractivity contribution in [3.63, 3.8) is 0 Å². The van der Waals surface area contributed by atoms with Crippen LogP contribution in [0.5, 0.6) is 5.75 Å². The molecule has 2 rings (SSSR count). The van der Waals surface area contributed by atoms with Crippen molar-refractivity contribution in [3.05, 3.63) is 64.7 Å². The van der Waals surface area contributed by atoms with E-state index in [9.17, 15) is 9.59 Å². The van der Waals surface area contributed by atoms with Crippen molar-refractivity contribution < 1.29 is 19.1 Å². The molecule has 0 saturated carbocycles. The summed E-state index contributed by atoms with van der Waals surface area (Å²) in [6.45, 7) is 3.82. The van der Waals surface area contributed by atoms with Crippen LogP contribution in [0.25, 0.3) is 0 Å². The van der Waals surface area contributed by atoms with Gasteiger partial charge in [0.05, 0.1) is 18.2 Å². The Hall–Kier alpha value is -2.62. The first-order valence-electron chi connectivity index (χ1n) is 6.49. The molecule has 4 nitrogen and oxygen atoms in total. The van der Waals surface area contributed by atoms with Crippen LogP contribution in [-0.2, 0) is 4.74 Å². The molecule has 0 unspecified atom stereocenters. The summed E-state index contributed by atoms with van der Waals surface area (Å²) in [5, 5.41) is 0. The van der Waals surface area contributed by atoms with Crippen LogP contribution in [0.3, 0.4) is 0 Å². The number of esters is 2. The van der Waals surface area contributed by atoms with Gasteiger partial charge in [-0.3, -0.25) is 0 Å². The van der Waals surface area contributed by atoms with E-state index in [1.165, 1.54) is 7.11 Å². The normalized spacial score (nSPS) is 10.0. The molecule has 2 aromatic rings. The summed E-state index contributed by atoms with van der Waals surface area (Å²) >= 11 is 0. The number of methoxy groups -OCH3 is 1. The molecule has 2 aromatic carbocycles. The second kappa shape index (κ2) is 6.22. The molecule has 108 valence electrons. The average Bonchev–Trinajstić information content (AvgIpc) is 2.50. The van der Waals surface area contributed by atoms with Crippen molar-refractivity contribution in [2.75, 3.05) is 7.11 Å². The number of carbonyl (C=O) groups excluding carboxylic acids is 2. The molecule has 0 N–H and O–H groups in total. The highest BCUT2D eigenvalue weighted by Gasteiger charge is 2.13. The number of benzene rings is 2. The molecular formula is C17H16O4. The van der Waals surface area contributed by atoms with Crippen LogP contribution in [0.1, 0.15) is 31.8 Å². The van der Waals surface area contributed by atoms with Crippen LogP contribution < -0.4 is 4.74 Å². The van der Waals surface area contributed by atoms with Crippen LogP contribution in [-0.4, -0.2) is 19.0 Å². The molecule has 0 aromatic heterocycles. The summed E-state index contributed by atoms with van der Waals surface area (Å²) in [6, 6.07) is 11.7. The second-order valence-corrected chi connectivity index (χ2v) is 4.65. The zero-order chi connectivity index (χ0) is 15.4. The molecular weight excluding hydrogens is 268 g/mol. The van der Waals surface area contributed by atoms with Crippen LogP contribution in [0.4, 0.5) is 0 Å². The van der Waals surface area contributed by atoms with E-state index >= 15 is 0 Å². The number of hydrogen-bond donors (Lipinski definition) is 0. The van der Waals surface area contributed by atoms with Gasteiger partial charge in [0.25, 0.3) is 0 Å². The quantitative estimate of drug-likeness (QED) is 0.641. The van der Waals surface area contributed by atoms with Crippen LogP contribution >= 0.6 is 0 Å². The highest BCUT2D eigenvalue weighted by Crippen LogP contribution is 2.18. The summed E-state index contributed by atoms with van der Waals surface area (Å²) in [6.07, 6.45) is 0. The van der Waals surface area contributed by atoms with E-state index in [0.717, 1.165) is 11.1 Å². The Kier molecular flexibility index (Phi) is 4.38. The lowest BCUT2D eigenvalue weighted by molar-refractivity contribution is 0.0600. The lowest BCUT2D eigenvalue weighted by Gasteiger charge is -2.09. The minimum atomic E-state index is -0.428. The summed E-state index contributed by atoms with van der Waals surface area (Å²) in [4.78, 5) is 23.5. The Labute approximate surface area is 123 Å². The van der Waals surface area contributed by atoms with E-state index in [1.807, 2.05) is 26.0 Å². The monoisotopic (exact) mass is 284 g/mol. The number of hydrogen-bond acceptors (Lipinski definition) is 4. The third-order valence-corrected chi connectivity index (χ3v) is 3.31. The Balaban J connectivity index is 2.16. The van der Waals surface area contributed by atoms with Gasteiger partial charge in [-0.15, -0.1) is 0 Å². The van der Waals surface area contributed by atoms with Crippen molar-refractivity contribution in [2.45, 2.75) is 13.8 Å². The van der Waals surface area contributed by atoms with Gasteiger partial charge in [0.1, 0.15) is 5.75 Å². The van der Waals surface area contributed by atoms with E-state index in [4.69, 9.17) is 4.74 Å². The topological polar surface area (TPSA) is 52.6 Å². The first-order valence-corrected chi connectivity index (χ1v) is 6.49. The molecule has 4 heteroatoms. The van der Waals surface area contributed by atoms with Gasteiger partial charge in [0, 0.05) is 0 Å². The first-order chi connectivity index (χ1) is 10.0. The lowest BCUT2D eigenvalue weighted by Crippen LogP contribution is -2.11. The molecule has 0 saturated heterocycles. The predicted molar refractivity (Wildman–Crippen MR) is 78.7 cm³/mol. The van der Waals surface area contributed by atoms with E-state index in [-0.39, 0.29) is 0 Å². The SMILES string of the molecule is COC(=O)c1ccc(OC(=O)c2cccc(C)c2C)cc1. The van der Waals surface area contributed by atoms with E-state index in [1.54, 1.807) is 30.3 Å². The summed E-state index contributed by atoms with van der Waals surface area (Å²) in [5.41, 5.74) is 2.87. The molecule has 0 atom stereocenters. The average molecular weight is 284 g/mol. The van der Waals surface area contributed by atoms with Gasteiger partial charge in [-0.1, -0.05) is 12.1 Å². The van der Waals surface area contributed by atoms with Crippen molar-refractivity contribution >= 4 is 11.9 Å². The highest BCUT2D eigenvalue weighted by molar-refractivity contribution is 5.93. The van der Waals surface area contributed by atoms with Gasteiger partial charge in [0.15, 0.2) is 0 Å². The number of rotatable bonds is 3.